The number of hydrogen-bond acceptors (Lipinski definition) is 6. The van der Waals surface area contributed by atoms with E-state index in [1.54, 1.807) is 38.3 Å². The Bertz CT molecular complexity index is 1520. The smallest absolute Gasteiger partial charge is 0.257 e. The average molecular weight is 497 g/mol. The van der Waals surface area contributed by atoms with E-state index in [1.165, 1.54) is 0 Å². The Morgan fingerprint density at radius 2 is 1.89 bits per heavy atom. The molecule has 0 aliphatic carbocycles. The van der Waals surface area contributed by atoms with Gasteiger partial charge in [-0.05, 0) is 67.4 Å². The Morgan fingerprint density at radius 1 is 1.08 bits per heavy atom. The first-order valence-electron chi connectivity index (χ1n) is 12.1. The zero-order valence-electron chi connectivity index (χ0n) is 20.9. The number of carbonyl (C=O) groups is 1. The van der Waals surface area contributed by atoms with Gasteiger partial charge in [-0.3, -0.25) is 4.79 Å². The van der Waals surface area contributed by atoms with Crippen LogP contribution in [-0.2, 0) is 0 Å². The summed E-state index contributed by atoms with van der Waals surface area (Å²) in [6.07, 6.45) is 2.01. The molecule has 0 radical (unpaired) electrons. The van der Waals surface area contributed by atoms with Crippen LogP contribution >= 0.6 is 0 Å². The molecular formula is C29H28N4O4. The lowest BCUT2D eigenvalue weighted by atomic mass is 9.90. The summed E-state index contributed by atoms with van der Waals surface area (Å²) >= 11 is 0. The number of hydrogen-bond donors (Lipinski definition) is 2. The highest BCUT2D eigenvalue weighted by Crippen LogP contribution is 2.36. The summed E-state index contributed by atoms with van der Waals surface area (Å²) in [5.74, 6) is 2.04. The molecule has 2 aromatic heterocycles. The topological polar surface area (TPSA) is 102 Å². The summed E-state index contributed by atoms with van der Waals surface area (Å²) in [4.78, 5) is 20.7. The van der Waals surface area contributed by atoms with E-state index in [0.29, 0.717) is 41.9 Å². The molecule has 2 heterocycles. The van der Waals surface area contributed by atoms with Crippen LogP contribution in [-0.4, -0.2) is 41.3 Å². The summed E-state index contributed by atoms with van der Waals surface area (Å²) in [5, 5.41) is 8.04. The van der Waals surface area contributed by atoms with Crippen LogP contribution in [0.2, 0.25) is 0 Å². The van der Waals surface area contributed by atoms with Gasteiger partial charge in [-0.25, -0.2) is 0 Å². The van der Waals surface area contributed by atoms with E-state index in [0.717, 1.165) is 27.6 Å². The van der Waals surface area contributed by atoms with Crippen molar-refractivity contribution in [3.63, 3.8) is 0 Å². The fourth-order valence-electron chi connectivity index (χ4n) is 4.44. The molecule has 0 saturated carbocycles. The molecule has 1 amide bonds. The fourth-order valence-corrected chi connectivity index (χ4v) is 4.44. The minimum Gasteiger partial charge on any atom is -0.493 e. The SMILES string of the molecule is CCOc1ccc(C(CNC(=O)c2ccc(-c3nc(C)no3)cc2)c2c[nH]c3ccccc23)cc1OC. The van der Waals surface area contributed by atoms with Gasteiger partial charge in [0.05, 0.1) is 13.7 Å². The van der Waals surface area contributed by atoms with Gasteiger partial charge in [0.1, 0.15) is 0 Å². The maximum absolute atomic E-state index is 13.1. The van der Waals surface area contributed by atoms with Crippen LogP contribution in [0.3, 0.4) is 0 Å². The summed E-state index contributed by atoms with van der Waals surface area (Å²) in [5.41, 5.74) is 4.44. The van der Waals surface area contributed by atoms with Crippen molar-refractivity contribution in [1.29, 1.82) is 0 Å². The molecule has 5 aromatic rings. The van der Waals surface area contributed by atoms with Crippen LogP contribution in [0.4, 0.5) is 0 Å². The molecule has 8 nitrogen and oxygen atoms in total. The predicted octanol–water partition coefficient (Wildman–Crippen LogP) is 5.50. The Morgan fingerprint density at radius 3 is 2.62 bits per heavy atom. The molecule has 188 valence electrons. The zero-order valence-corrected chi connectivity index (χ0v) is 20.9. The van der Waals surface area contributed by atoms with E-state index >= 15 is 0 Å². The van der Waals surface area contributed by atoms with Crippen LogP contribution < -0.4 is 14.8 Å². The number of nitrogens with zero attached hydrogens (tertiary/aromatic N) is 2. The lowest BCUT2D eigenvalue weighted by Crippen LogP contribution is -2.28. The number of benzene rings is 3. The number of para-hydroxylation sites is 1. The molecule has 5 rings (SSSR count). The lowest BCUT2D eigenvalue weighted by Gasteiger charge is -2.20. The van der Waals surface area contributed by atoms with Crippen LogP contribution in [0.15, 0.2) is 77.4 Å². The van der Waals surface area contributed by atoms with E-state index in [2.05, 4.69) is 26.5 Å². The molecule has 1 unspecified atom stereocenters. The fraction of sp³-hybridized carbons (Fsp3) is 0.207. The molecule has 1 atom stereocenters. The second-order valence-corrected chi connectivity index (χ2v) is 8.62. The van der Waals surface area contributed by atoms with E-state index in [4.69, 9.17) is 14.0 Å². The molecule has 8 heteroatoms. The van der Waals surface area contributed by atoms with Gasteiger partial charge >= 0.3 is 0 Å². The number of aromatic amines is 1. The Hall–Kier alpha value is -4.59. The van der Waals surface area contributed by atoms with E-state index in [1.807, 2.05) is 49.5 Å². The Labute approximate surface area is 214 Å². The van der Waals surface area contributed by atoms with Crippen LogP contribution in [0, 0.1) is 6.92 Å². The van der Waals surface area contributed by atoms with Gasteiger partial charge in [0, 0.05) is 40.7 Å². The Balaban J connectivity index is 1.42. The molecule has 0 saturated heterocycles. The second kappa shape index (κ2) is 10.6. The van der Waals surface area contributed by atoms with Gasteiger partial charge in [-0.1, -0.05) is 29.4 Å². The summed E-state index contributed by atoms with van der Waals surface area (Å²) < 4.78 is 16.5. The first kappa shape index (κ1) is 24.1. The van der Waals surface area contributed by atoms with Gasteiger partial charge < -0.3 is 24.3 Å². The normalized spacial score (nSPS) is 11.9. The minimum atomic E-state index is -0.170. The lowest BCUT2D eigenvalue weighted by molar-refractivity contribution is 0.0952. The highest BCUT2D eigenvalue weighted by molar-refractivity contribution is 5.94. The molecule has 0 aliphatic rings. The minimum absolute atomic E-state index is 0.120. The van der Waals surface area contributed by atoms with Gasteiger partial charge in [0.2, 0.25) is 0 Å². The predicted molar refractivity (Wildman–Crippen MR) is 141 cm³/mol. The van der Waals surface area contributed by atoms with E-state index in [9.17, 15) is 4.79 Å². The van der Waals surface area contributed by atoms with Crippen molar-refractivity contribution in [2.75, 3.05) is 20.3 Å². The number of fused-ring (bicyclic) bond motifs is 1. The van der Waals surface area contributed by atoms with Gasteiger partial charge in [-0.15, -0.1) is 0 Å². The van der Waals surface area contributed by atoms with Crippen molar-refractivity contribution >= 4 is 16.8 Å². The monoisotopic (exact) mass is 496 g/mol. The zero-order chi connectivity index (χ0) is 25.8. The van der Waals surface area contributed by atoms with Gasteiger partial charge in [0.25, 0.3) is 11.8 Å². The quantitative estimate of drug-likeness (QED) is 0.280. The Kier molecular flexibility index (Phi) is 6.89. The molecule has 2 N–H and O–H groups in total. The summed E-state index contributed by atoms with van der Waals surface area (Å²) in [7, 11) is 1.63. The van der Waals surface area contributed by atoms with E-state index < -0.39 is 0 Å². The number of methoxy groups -OCH3 is 1. The van der Waals surface area contributed by atoms with Crippen LogP contribution in [0.25, 0.3) is 22.4 Å². The first-order chi connectivity index (χ1) is 18.1. The second-order valence-electron chi connectivity index (χ2n) is 8.62. The number of aryl methyl sites for hydroxylation is 1. The van der Waals surface area contributed by atoms with Crippen molar-refractivity contribution in [3.8, 4) is 23.0 Å². The van der Waals surface area contributed by atoms with Crippen molar-refractivity contribution in [2.45, 2.75) is 19.8 Å². The van der Waals surface area contributed by atoms with Crippen molar-refractivity contribution in [2.24, 2.45) is 0 Å². The summed E-state index contributed by atoms with van der Waals surface area (Å²) in [6, 6.07) is 21.2. The van der Waals surface area contributed by atoms with Gasteiger partial charge in [-0.2, -0.15) is 4.98 Å². The maximum Gasteiger partial charge on any atom is 0.257 e. The standard InChI is InChI=1S/C29H28N4O4/c1-4-36-26-14-13-21(15-27(26)35-3)23(24-17-30-25-8-6-5-7-22(24)25)16-31-28(34)19-9-11-20(12-10-19)29-32-18(2)33-37-29/h5-15,17,23,30H,4,16H2,1-3H3,(H,31,34). The number of carbonyl (C=O) groups excluding carboxylic acids is 1. The van der Waals surface area contributed by atoms with Crippen LogP contribution in [0.1, 0.15) is 40.2 Å². The number of rotatable bonds is 9. The first-order valence-corrected chi connectivity index (χ1v) is 12.1. The number of nitrogens with one attached hydrogen (secondary N) is 2. The highest BCUT2D eigenvalue weighted by atomic mass is 16.5. The number of H-pyrrole nitrogens is 1. The van der Waals surface area contributed by atoms with Crippen LogP contribution in [0.5, 0.6) is 11.5 Å². The van der Waals surface area contributed by atoms with Crippen molar-refractivity contribution in [1.82, 2.24) is 20.4 Å². The van der Waals surface area contributed by atoms with Crippen molar-refractivity contribution in [3.05, 3.63) is 95.4 Å². The summed E-state index contributed by atoms with van der Waals surface area (Å²) in [6.45, 7) is 4.64. The van der Waals surface area contributed by atoms with E-state index in [-0.39, 0.29) is 11.8 Å². The van der Waals surface area contributed by atoms with Gasteiger partial charge in [0.15, 0.2) is 17.3 Å². The highest BCUT2D eigenvalue weighted by Gasteiger charge is 2.21. The molecule has 0 aliphatic heterocycles. The molecule has 0 fully saturated rings. The number of ether oxygens (including phenoxy) is 2. The molecule has 3 aromatic carbocycles. The molecule has 37 heavy (non-hydrogen) atoms. The molecular weight excluding hydrogens is 468 g/mol. The third-order valence-corrected chi connectivity index (χ3v) is 6.27. The average Bonchev–Trinajstić information content (AvgIpc) is 3.56. The third kappa shape index (κ3) is 5.04. The molecule has 0 bridgehead atoms. The van der Waals surface area contributed by atoms with Crippen molar-refractivity contribution < 1.29 is 18.8 Å². The number of aromatic nitrogens is 3. The largest absolute Gasteiger partial charge is 0.493 e. The molecule has 0 spiro atoms. The maximum atomic E-state index is 13.1. The third-order valence-electron chi connectivity index (χ3n) is 6.27. The number of amides is 1.